The molecule has 2 aromatic carbocycles. The second kappa shape index (κ2) is 5.31. The minimum atomic E-state index is -3.46. The third-order valence-corrected chi connectivity index (χ3v) is 6.08. The van der Waals surface area contributed by atoms with Crippen LogP contribution in [0.5, 0.6) is 0 Å². The van der Waals surface area contributed by atoms with Gasteiger partial charge in [0.15, 0.2) is 0 Å². The van der Waals surface area contributed by atoms with Gasteiger partial charge >= 0.3 is 0 Å². The van der Waals surface area contributed by atoms with Gasteiger partial charge in [-0.3, -0.25) is 0 Å². The summed E-state index contributed by atoms with van der Waals surface area (Å²) in [6, 6.07) is 10.7. The number of rotatable bonds is 2. The predicted molar refractivity (Wildman–Crippen MR) is 85.5 cm³/mol. The summed E-state index contributed by atoms with van der Waals surface area (Å²) in [6.45, 7) is 3.30. The zero-order valence-electron chi connectivity index (χ0n) is 12.1. The molecule has 0 aliphatic carbocycles. The average Bonchev–Trinajstić information content (AvgIpc) is 2.47. The summed E-state index contributed by atoms with van der Waals surface area (Å²) in [5.41, 5.74) is 6.57. The number of benzene rings is 2. The summed E-state index contributed by atoms with van der Waals surface area (Å²) < 4.78 is 27.5. The molecule has 1 heterocycles. The molecule has 2 aromatic rings. The minimum Gasteiger partial charge on any atom is -0.398 e. The maximum Gasteiger partial charge on any atom is 0.243 e. The highest BCUT2D eigenvalue weighted by molar-refractivity contribution is 7.89. The van der Waals surface area contributed by atoms with Gasteiger partial charge in [0.25, 0.3) is 0 Å². The molecule has 4 nitrogen and oxygen atoms in total. The van der Waals surface area contributed by atoms with Crippen molar-refractivity contribution in [1.82, 2.24) is 4.31 Å². The quantitative estimate of drug-likeness (QED) is 0.868. The fraction of sp³-hybridized carbons (Fsp3) is 0.375. The van der Waals surface area contributed by atoms with Gasteiger partial charge in [0, 0.05) is 29.5 Å². The molecule has 1 atom stereocenters. The molecule has 0 radical (unpaired) electrons. The van der Waals surface area contributed by atoms with Crippen LogP contribution in [0.3, 0.4) is 0 Å². The zero-order valence-corrected chi connectivity index (χ0v) is 12.9. The van der Waals surface area contributed by atoms with Gasteiger partial charge in [-0.1, -0.05) is 31.2 Å². The van der Waals surface area contributed by atoms with Crippen molar-refractivity contribution in [3.63, 3.8) is 0 Å². The molecule has 1 unspecified atom stereocenters. The van der Waals surface area contributed by atoms with E-state index in [1.165, 1.54) is 0 Å². The maximum absolute atomic E-state index is 12.9. The van der Waals surface area contributed by atoms with Crippen LogP contribution in [0.2, 0.25) is 0 Å². The summed E-state index contributed by atoms with van der Waals surface area (Å²) >= 11 is 0. The van der Waals surface area contributed by atoms with Crippen LogP contribution in [0.15, 0.2) is 41.3 Å². The molecule has 1 aliphatic rings. The fourth-order valence-electron chi connectivity index (χ4n) is 3.02. The number of sulfonamides is 1. The highest BCUT2D eigenvalue weighted by Crippen LogP contribution is 2.31. The van der Waals surface area contributed by atoms with E-state index in [1.807, 2.05) is 24.3 Å². The molecule has 21 heavy (non-hydrogen) atoms. The van der Waals surface area contributed by atoms with Gasteiger partial charge in [0.05, 0.1) is 4.90 Å². The Hall–Kier alpha value is -1.59. The van der Waals surface area contributed by atoms with Crippen molar-refractivity contribution in [3.8, 4) is 0 Å². The van der Waals surface area contributed by atoms with Crippen LogP contribution in [0, 0.1) is 5.92 Å². The first-order valence-corrected chi connectivity index (χ1v) is 8.71. The topological polar surface area (TPSA) is 63.4 Å². The number of anilines is 1. The molecule has 2 N–H and O–H groups in total. The van der Waals surface area contributed by atoms with E-state index in [-0.39, 0.29) is 0 Å². The molecule has 0 amide bonds. The Bertz CT molecular complexity index is 771. The first-order chi connectivity index (χ1) is 10.00. The predicted octanol–water partition coefficient (Wildman–Crippen LogP) is 2.84. The van der Waals surface area contributed by atoms with E-state index in [0.717, 1.165) is 18.2 Å². The average molecular weight is 304 g/mol. The van der Waals surface area contributed by atoms with E-state index in [2.05, 4.69) is 6.92 Å². The summed E-state index contributed by atoms with van der Waals surface area (Å²) in [6.07, 6.45) is 2.02. The third-order valence-electron chi connectivity index (χ3n) is 4.16. The Morgan fingerprint density at radius 3 is 2.57 bits per heavy atom. The van der Waals surface area contributed by atoms with Crippen molar-refractivity contribution in [2.24, 2.45) is 5.92 Å². The molecule has 0 saturated carbocycles. The maximum atomic E-state index is 12.9. The number of hydrogen-bond donors (Lipinski definition) is 1. The molecule has 3 rings (SSSR count). The molecule has 5 heteroatoms. The zero-order chi connectivity index (χ0) is 15.0. The van der Waals surface area contributed by atoms with Crippen LogP contribution in [-0.2, 0) is 10.0 Å². The van der Waals surface area contributed by atoms with E-state index in [1.54, 1.807) is 16.4 Å². The molecular formula is C16H20N2O2S. The number of nitrogens with two attached hydrogens (primary N) is 1. The standard InChI is InChI=1S/C16H20N2O2S/c1-12-5-4-10-18(11-12)21(19,20)16-9-8-15(17)13-6-2-3-7-14(13)16/h2-3,6-9,12H,4-5,10-11,17H2,1H3. The monoisotopic (exact) mass is 304 g/mol. The van der Waals surface area contributed by atoms with Crippen LogP contribution in [0.1, 0.15) is 19.8 Å². The molecule has 1 fully saturated rings. The lowest BCUT2D eigenvalue weighted by atomic mass is 10.0. The molecule has 0 aromatic heterocycles. The van der Waals surface area contributed by atoms with Gasteiger partial charge in [-0.15, -0.1) is 0 Å². The van der Waals surface area contributed by atoms with Gasteiger partial charge in [-0.05, 0) is 30.9 Å². The number of nitrogen functional groups attached to an aromatic ring is 1. The third kappa shape index (κ3) is 2.51. The summed E-state index contributed by atoms with van der Waals surface area (Å²) in [4.78, 5) is 0.362. The van der Waals surface area contributed by atoms with E-state index in [0.29, 0.717) is 35.0 Å². The van der Waals surface area contributed by atoms with Gasteiger partial charge in [-0.25, -0.2) is 8.42 Å². The van der Waals surface area contributed by atoms with Crippen molar-refractivity contribution in [2.45, 2.75) is 24.7 Å². The highest BCUT2D eigenvalue weighted by Gasteiger charge is 2.29. The lowest BCUT2D eigenvalue weighted by Crippen LogP contribution is -2.39. The van der Waals surface area contributed by atoms with Crippen LogP contribution in [-0.4, -0.2) is 25.8 Å². The van der Waals surface area contributed by atoms with Crippen molar-refractivity contribution in [2.75, 3.05) is 18.8 Å². The first-order valence-electron chi connectivity index (χ1n) is 7.27. The van der Waals surface area contributed by atoms with Gasteiger partial charge < -0.3 is 5.73 Å². The normalized spacial score (nSPS) is 20.7. The fourth-order valence-corrected chi connectivity index (χ4v) is 4.82. The van der Waals surface area contributed by atoms with Gasteiger partial charge in [0.1, 0.15) is 0 Å². The van der Waals surface area contributed by atoms with E-state index < -0.39 is 10.0 Å². The van der Waals surface area contributed by atoms with Crippen molar-refractivity contribution in [3.05, 3.63) is 36.4 Å². The summed E-state index contributed by atoms with van der Waals surface area (Å²) in [7, 11) is -3.46. The smallest absolute Gasteiger partial charge is 0.243 e. The van der Waals surface area contributed by atoms with E-state index >= 15 is 0 Å². The number of piperidine rings is 1. The second-order valence-corrected chi connectivity index (χ2v) is 7.72. The molecule has 1 aliphatic heterocycles. The summed E-state index contributed by atoms with van der Waals surface area (Å²) in [5.74, 6) is 0.411. The lowest BCUT2D eigenvalue weighted by molar-refractivity contribution is 0.281. The SMILES string of the molecule is CC1CCCN(S(=O)(=O)c2ccc(N)c3ccccc23)C1. The first kappa shape index (κ1) is 14.4. The second-order valence-electron chi connectivity index (χ2n) is 5.81. The lowest BCUT2D eigenvalue weighted by Gasteiger charge is -2.30. The number of hydrogen-bond acceptors (Lipinski definition) is 3. The molecule has 0 bridgehead atoms. The Morgan fingerprint density at radius 1 is 1.14 bits per heavy atom. The molecule has 0 spiro atoms. The molecule has 1 saturated heterocycles. The highest BCUT2D eigenvalue weighted by atomic mass is 32.2. The Kier molecular flexibility index (Phi) is 3.63. The Balaban J connectivity index is 2.13. The van der Waals surface area contributed by atoms with Crippen molar-refractivity contribution < 1.29 is 8.42 Å². The van der Waals surface area contributed by atoms with Crippen molar-refractivity contribution in [1.29, 1.82) is 0 Å². The Labute approximate surface area is 125 Å². The van der Waals surface area contributed by atoms with E-state index in [9.17, 15) is 8.42 Å². The van der Waals surface area contributed by atoms with Crippen LogP contribution >= 0.6 is 0 Å². The van der Waals surface area contributed by atoms with Crippen molar-refractivity contribution >= 4 is 26.5 Å². The summed E-state index contributed by atoms with van der Waals surface area (Å²) in [5, 5.41) is 1.50. The van der Waals surface area contributed by atoms with Gasteiger partial charge in [-0.2, -0.15) is 4.31 Å². The van der Waals surface area contributed by atoms with Crippen LogP contribution in [0.25, 0.3) is 10.8 Å². The molecule has 112 valence electrons. The minimum absolute atomic E-state index is 0.362. The molecular weight excluding hydrogens is 284 g/mol. The van der Waals surface area contributed by atoms with E-state index in [4.69, 9.17) is 5.73 Å². The number of fused-ring (bicyclic) bond motifs is 1. The Morgan fingerprint density at radius 2 is 1.86 bits per heavy atom. The van der Waals surface area contributed by atoms with Crippen LogP contribution in [0.4, 0.5) is 5.69 Å². The number of nitrogens with zero attached hydrogens (tertiary/aromatic N) is 1. The van der Waals surface area contributed by atoms with Gasteiger partial charge in [0.2, 0.25) is 10.0 Å². The van der Waals surface area contributed by atoms with Crippen LogP contribution < -0.4 is 5.73 Å². The largest absolute Gasteiger partial charge is 0.398 e.